The van der Waals surface area contributed by atoms with Gasteiger partial charge < -0.3 is 5.32 Å². The fraction of sp³-hybridized carbons (Fsp3) is 0.500. The molecule has 3 unspecified atom stereocenters. The second kappa shape index (κ2) is 5.43. The maximum absolute atomic E-state index is 4.71. The van der Waals surface area contributed by atoms with E-state index in [0.29, 0.717) is 6.04 Å². The number of pyridine rings is 1. The lowest BCUT2D eigenvalue weighted by atomic mass is 9.79. The standard InChI is InChI=1S/C18H24N2/c1-12-7-10-16(11-13(12)2)20-17-6-4-5-15-9-8-14(3)19-18(15)17/h4-6,8-9,12-13,16,20H,7,10-11H2,1-3H3. The van der Waals surface area contributed by atoms with E-state index in [-0.39, 0.29) is 0 Å². The second-order valence-corrected chi connectivity index (χ2v) is 6.44. The number of anilines is 1. The van der Waals surface area contributed by atoms with Gasteiger partial charge in [-0.25, -0.2) is 0 Å². The predicted molar refractivity (Wildman–Crippen MR) is 86.1 cm³/mol. The number of hydrogen-bond donors (Lipinski definition) is 1. The van der Waals surface area contributed by atoms with Gasteiger partial charge in [-0.2, -0.15) is 0 Å². The second-order valence-electron chi connectivity index (χ2n) is 6.44. The molecule has 0 aliphatic heterocycles. The number of nitrogens with zero attached hydrogens (tertiary/aromatic N) is 1. The highest BCUT2D eigenvalue weighted by molar-refractivity contribution is 5.90. The van der Waals surface area contributed by atoms with Crippen molar-refractivity contribution in [1.82, 2.24) is 4.98 Å². The topological polar surface area (TPSA) is 24.9 Å². The Labute approximate surface area is 121 Å². The van der Waals surface area contributed by atoms with Crippen molar-refractivity contribution < 1.29 is 0 Å². The summed E-state index contributed by atoms with van der Waals surface area (Å²) in [6.07, 6.45) is 3.87. The fourth-order valence-electron chi connectivity index (χ4n) is 3.26. The molecule has 0 radical (unpaired) electrons. The Hall–Kier alpha value is -1.57. The van der Waals surface area contributed by atoms with Crippen LogP contribution in [0.1, 0.15) is 38.8 Å². The van der Waals surface area contributed by atoms with E-state index in [1.807, 2.05) is 0 Å². The zero-order valence-corrected chi connectivity index (χ0v) is 12.7. The van der Waals surface area contributed by atoms with Crippen LogP contribution in [0, 0.1) is 18.8 Å². The lowest BCUT2D eigenvalue weighted by molar-refractivity contribution is 0.261. The van der Waals surface area contributed by atoms with E-state index in [2.05, 4.69) is 56.4 Å². The van der Waals surface area contributed by atoms with Crippen molar-refractivity contribution in [2.75, 3.05) is 5.32 Å². The van der Waals surface area contributed by atoms with Crippen molar-refractivity contribution in [1.29, 1.82) is 0 Å². The minimum atomic E-state index is 0.592. The first-order chi connectivity index (χ1) is 9.63. The molecule has 3 atom stereocenters. The number of rotatable bonds is 2. The van der Waals surface area contributed by atoms with E-state index in [0.717, 1.165) is 23.0 Å². The minimum absolute atomic E-state index is 0.592. The predicted octanol–water partition coefficient (Wildman–Crippen LogP) is 4.78. The molecule has 1 fully saturated rings. The van der Waals surface area contributed by atoms with Crippen LogP contribution in [-0.2, 0) is 0 Å². The van der Waals surface area contributed by atoms with Crippen LogP contribution in [0.25, 0.3) is 10.9 Å². The molecule has 0 amide bonds. The first-order valence-corrected chi connectivity index (χ1v) is 7.76. The Bertz CT molecular complexity index is 605. The monoisotopic (exact) mass is 268 g/mol. The van der Waals surface area contributed by atoms with Crippen molar-refractivity contribution >= 4 is 16.6 Å². The summed E-state index contributed by atoms with van der Waals surface area (Å²) in [7, 11) is 0. The summed E-state index contributed by atoms with van der Waals surface area (Å²) in [5.41, 5.74) is 3.38. The van der Waals surface area contributed by atoms with Gasteiger partial charge in [0.15, 0.2) is 0 Å². The first kappa shape index (κ1) is 13.4. The number of hydrogen-bond acceptors (Lipinski definition) is 2. The largest absolute Gasteiger partial charge is 0.381 e. The number of fused-ring (bicyclic) bond motifs is 1. The summed E-state index contributed by atoms with van der Waals surface area (Å²) >= 11 is 0. The van der Waals surface area contributed by atoms with Crippen molar-refractivity contribution in [2.24, 2.45) is 11.8 Å². The van der Waals surface area contributed by atoms with Crippen molar-refractivity contribution in [3.05, 3.63) is 36.0 Å². The van der Waals surface area contributed by atoms with Crippen LogP contribution < -0.4 is 5.32 Å². The van der Waals surface area contributed by atoms with Gasteiger partial charge in [-0.1, -0.05) is 32.0 Å². The molecule has 2 heteroatoms. The molecular weight excluding hydrogens is 244 g/mol. The Morgan fingerprint density at radius 1 is 1.05 bits per heavy atom. The molecule has 1 heterocycles. The van der Waals surface area contributed by atoms with Gasteiger partial charge in [-0.3, -0.25) is 4.98 Å². The van der Waals surface area contributed by atoms with Gasteiger partial charge in [-0.15, -0.1) is 0 Å². The molecule has 0 bridgehead atoms. The van der Waals surface area contributed by atoms with Crippen LogP contribution >= 0.6 is 0 Å². The lowest BCUT2D eigenvalue weighted by Crippen LogP contribution is -2.30. The van der Waals surface area contributed by atoms with Gasteiger partial charge in [0.25, 0.3) is 0 Å². The highest BCUT2D eigenvalue weighted by atomic mass is 14.9. The summed E-state index contributed by atoms with van der Waals surface area (Å²) < 4.78 is 0. The molecular formula is C18H24N2. The average Bonchev–Trinajstić information content (AvgIpc) is 2.44. The van der Waals surface area contributed by atoms with Crippen LogP contribution in [0.4, 0.5) is 5.69 Å². The highest BCUT2D eigenvalue weighted by Gasteiger charge is 2.24. The van der Waals surface area contributed by atoms with Crippen molar-refractivity contribution in [3.63, 3.8) is 0 Å². The number of aryl methyl sites for hydroxylation is 1. The molecule has 1 N–H and O–H groups in total. The number of aromatic nitrogens is 1. The maximum atomic E-state index is 4.71. The van der Waals surface area contributed by atoms with Crippen LogP contribution in [0.3, 0.4) is 0 Å². The van der Waals surface area contributed by atoms with E-state index in [1.54, 1.807) is 0 Å². The molecule has 1 aliphatic carbocycles. The van der Waals surface area contributed by atoms with Gasteiger partial charge in [-0.05, 0) is 50.2 Å². The molecule has 106 valence electrons. The summed E-state index contributed by atoms with van der Waals surface area (Å²) in [5.74, 6) is 1.67. The highest BCUT2D eigenvalue weighted by Crippen LogP contribution is 2.32. The molecule has 0 spiro atoms. The average molecular weight is 268 g/mol. The Balaban J connectivity index is 1.86. The third kappa shape index (κ3) is 2.65. The molecule has 1 saturated carbocycles. The normalized spacial score (nSPS) is 26.6. The van der Waals surface area contributed by atoms with Gasteiger partial charge in [0, 0.05) is 17.1 Å². The Kier molecular flexibility index (Phi) is 3.64. The van der Waals surface area contributed by atoms with Crippen LogP contribution in [0.15, 0.2) is 30.3 Å². The van der Waals surface area contributed by atoms with Crippen LogP contribution in [0.5, 0.6) is 0 Å². The first-order valence-electron chi connectivity index (χ1n) is 7.76. The molecule has 3 rings (SSSR count). The van der Waals surface area contributed by atoms with Crippen molar-refractivity contribution in [2.45, 2.75) is 46.1 Å². The molecule has 20 heavy (non-hydrogen) atoms. The Morgan fingerprint density at radius 3 is 2.70 bits per heavy atom. The van der Waals surface area contributed by atoms with E-state index >= 15 is 0 Å². The molecule has 1 aliphatic rings. The molecule has 0 saturated heterocycles. The minimum Gasteiger partial charge on any atom is -0.381 e. The zero-order valence-electron chi connectivity index (χ0n) is 12.7. The number of para-hydroxylation sites is 1. The number of nitrogens with one attached hydrogen (secondary N) is 1. The maximum Gasteiger partial charge on any atom is 0.0936 e. The fourth-order valence-corrected chi connectivity index (χ4v) is 3.26. The van der Waals surface area contributed by atoms with Crippen molar-refractivity contribution in [3.8, 4) is 0 Å². The summed E-state index contributed by atoms with van der Waals surface area (Å²) in [5, 5.41) is 4.96. The van der Waals surface area contributed by atoms with Gasteiger partial charge in [0.1, 0.15) is 0 Å². The van der Waals surface area contributed by atoms with E-state index in [9.17, 15) is 0 Å². The lowest BCUT2D eigenvalue weighted by Gasteiger charge is -2.33. The Morgan fingerprint density at radius 2 is 1.90 bits per heavy atom. The molecule has 2 aromatic rings. The van der Waals surface area contributed by atoms with E-state index < -0.39 is 0 Å². The van der Waals surface area contributed by atoms with Crippen LogP contribution in [-0.4, -0.2) is 11.0 Å². The van der Waals surface area contributed by atoms with Gasteiger partial charge in [0.05, 0.1) is 11.2 Å². The van der Waals surface area contributed by atoms with Crippen LogP contribution in [0.2, 0.25) is 0 Å². The third-order valence-electron chi connectivity index (χ3n) is 4.82. The summed E-state index contributed by atoms with van der Waals surface area (Å²) in [6, 6.07) is 11.3. The zero-order chi connectivity index (χ0) is 14.1. The third-order valence-corrected chi connectivity index (χ3v) is 4.82. The molecule has 1 aromatic heterocycles. The SMILES string of the molecule is Cc1ccc2cccc(NC3CCC(C)C(C)C3)c2n1. The van der Waals surface area contributed by atoms with Gasteiger partial charge in [0.2, 0.25) is 0 Å². The number of benzene rings is 1. The smallest absolute Gasteiger partial charge is 0.0936 e. The molecule has 1 aromatic carbocycles. The molecule has 2 nitrogen and oxygen atoms in total. The van der Waals surface area contributed by atoms with E-state index in [4.69, 9.17) is 4.98 Å². The summed E-state index contributed by atoms with van der Waals surface area (Å²) in [6.45, 7) is 6.81. The summed E-state index contributed by atoms with van der Waals surface area (Å²) in [4.78, 5) is 4.71. The van der Waals surface area contributed by atoms with Gasteiger partial charge >= 0.3 is 0 Å². The van der Waals surface area contributed by atoms with E-state index in [1.165, 1.54) is 30.3 Å². The quantitative estimate of drug-likeness (QED) is 0.847.